The molecule has 2 rings (SSSR count). The molecule has 0 saturated carbocycles. The first kappa shape index (κ1) is 13.0. The molecule has 96 valence electrons. The smallest absolute Gasteiger partial charge is 0.110 e. The van der Waals surface area contributed by atoms with Crippen molar-refractivity contribution in [2.45, 2.75) is 45.1 Å². The molecule has 0 bridgehead atoms. The van der Waals surface area contributed by atoms with Crippen LogP contribution in [0.1, 0.15) is 50.4 Å². The summed E-state index contributed by atoms with van der Waals surface area (Å²) in [6.07, 6.45) is 2.28. The van der Waals surface area contributed by atoms with Gasteiger partial charge in [0.1, 0.15) is 5.01 Å². The number of ether oxygens (including phenoxy) is 1. The van der Waals surface area contributed by atoms with Crippen LogP contribution in [0.3, 0.4) is 0 Å². The van der Waals surface area contributed by atoms with Crippen LogP contribution in [0.25, 0.3) is 0 Å². The molecule has 0 aromatic carbocycles. The highest BCUT2D eigenvalue weighted by Gasteiger charge is 2.26. The summed E-state index contributed by atoms with van der Waals surface area (Å²) < 4.78 is 5.50. The summed E-state index contributed by atoms with van der Waals surface area (Å²) in [6, 6.07) is 0.0383. The number of nitrogens with zero attached hydrogens (tertiary/aromatic N) is 1. The van der Waals surface area contributed by atoms with E-state index in [4.69, 9.17) is 15.5 Å². The van der Waals surface area contributed by atoms with Gasteiger partial charge in [0, 0.05) is 23.3 Å². The summed E-state index contributed by atoms with van der Waals surface area (Å²) in [4.78, 5) is 4.69. The van der Waals surface area contributed by atoms with Crippen molar-refractivity contribution in [1.82, 2.24) is 4.98 Å². The lowest BCUT2D eigenvalue weighted by Gasteiger charge is -2.26. The third kappa shape index (κ3) is 3.06. The Morgan fingerprint density at radius 1 is 1.53 bits per heavy atom. The normalized spacial score (nSPS) is 23.6. The van der Waals surface area contributed by atoms with Crippen molar-refractivity contribution in [2.75, 3.05) is 13.2 Å². The predicted octanol–water partition coefficient (Wildman–Crippen LogP) is 2.87. The van der Waals surface area contributed by atoms with Crippen LogP contribution in [0, 0.1) is 5.92 Å². The Kier molecular flexibility index (Phi) is 3.85. The van der Waals surface area contributed by atoms with E-state index >= 15 is 0 Å². The van der Waals surface area contributed by atoms with Crippen molar-refractivity contribution in [3.05, 3.63) is 16.1 Å². The van der Waals surface area contributed by atoms with Gasteiger partial charge in [0.25, 0.3) is 0 Å². The van der Waals surface area contributed by atoms with Crippen LogP contribution in [0.4, 0.5) is 0 Å². The van der Waals surface area contributed by atoms with Gasteiger partial charge in [-0.15, -0.1) is 11.3 Å². The van der Waals surface area contributed by atoms with Crippen LogP contribution in [-0.2, 0) is 10.2 Å². The van der Waals surface area contributed by atoms with Crippen LogP contribution in [0.2, 0.25) is 0 Å². The minimum absolute atomic E-state index is 0.0383. The highest BCUT2D eigenvalue weighted by Crippen LogP contribution is 2.31. The maximum Gasteiger partial charge on any atom is 0.110 e. The summed E-state index contributed by atoms with van der Waals surface area (Å²) >= 11 is 1.69. The van der Waals surface area contributed by atoms with Gasteiger partial charge < -0.3 is 10.5 Å². The monoisotopic (exact) mass is 254 g/mol. The third-order valence-corrected chi connectivity index (χ3v) is 4.22. The Labute approximate surface area is 107 Å². The minimum atomic E-state index is 0.0383. The van der Waals surface area contributed by atoms with Crippen molar-refractivity contribution in [3.8, 4) is 0 Å². The van der Waals surface area contributed by atoms with Crippen molar-refractivity contribution in [2.24, 2.45) is 11.7 Å². The summed E-state index contributed by atoms with van der Waals surface area (Å²) in [5.41, 5.74) is 7.55. The van der Waals surface area contributed by atoms with Crippen molar-refractivity contribution < 1.29 is 4.74 Å². The highest BCUT2D eigenvalue weighted by molar-refractivity contribution is 7.09. The van der Waals surface area contributed by atoms with E-state index in [1.54, 1.807) is 11.3 Å². The fourth-order valence-corrected chi connectivity index (χ4v) is 3.17. The number of nitrogens with two attached hydrogens (primary N) is 1. The fraction of sp³-hybridized carbons (Fsp3) is 0.769. The maximum atomic E-state index is 6.29. The molecule has 1 saturated heterocycles. The maximum absolute atomic E-state index is 6.29. The van der Waals surface area contributed by atoms with Gasteiger partial charge in [-0.2, -0.15) is 0 Å². The molecule has 2 atom stereocenters. The molecule has 1 aromatic heterocycles. The molecule has 0 amide bonds. The van der Waals surface area contributed by atoms with Gasteiger partial charge in [0.05, 0.1) is 18.3 Å². The largest absolute Gasteiger partial charge is 0.381 e. The van der Waals surface area contributed by atoms with Crippen LogP contribution in [-0.4, -0.2) is 18.2 Å². The molecule has 4 heteroatoms. The summed E-state index contributed by atoms with van der Waals surface area (Å²) in [6.45, 7) is 8.21. The van der Waals surface area contributed by atoms with Crippen LogP contribution in [0.15, 0.2) is 5.38 Å². The van der Waals surface area contributed by atoms with Gasteiger partial charge >= 0.3 is 0 Å². The second-order valence-electron chi connectivity index (χ2n) is 5.82. The average molecular weight is 254 g/mol. The zero-order valence-electron chi connectivity index (χ0n) is 10.9. The van der Waals surface area contributed by atoms with E-state index in [2.05, 4.69) is 26.2 Å². The van der Waals surface area contributed by atoms with Gasteiger partial charge in [-0.1, -0.05) is 20.8 Å². The average Bonchev–Trinajstić information content (AvgIpc) is 2.78. The van der Waals surface area contributed by atoms with Gasteiger partial charge in [-0.25, -0.2) is 4.98 Å². The van der Waals surface area contributed by atoms with Crippen LogP contribution in [0.5, 0.6) is 0 Å². The summed E-state index contributed by atoms with van der Waals surface area (Å²) in [5, 5.41) is 3.20. The van der Waals surface area contributed by atoms with E-state index in [-0.39, 0.29) is 11.5 Å². The molecule has 2 unspecified atom stereocenters. The van der Waals surface area contributed by atoms with E-state index in [0.29, 0.717) is 5.92 Å². The molecule has 0 radical (unpaired) electrons. The Bertz CT molecular complexity index is 364. The molecule has 0 spiro atoms. The number of rotatable bonds is 2. The number of aromatic nitrogens is 1. The standard InChI is InChI=1S/C13H22N2OS/c1-13(2,3)10-8-17-12(15-10)11(14)9-5-4-6-16-7-9/h8-9,11H,4-7,14H2,1-3H3. The summed E-state index contributed by atoms with van der Waals surface area (Å²) in [5.74, 6) is 0.433. The molecule has 2 N–H and O–H groups in total. The second-order valence-corrected chi connectivity index (χ2v) is 6.71. The molecule has 1 aliphatic heterocycles. The second kappa shape index (κ2) is 5.04. The van der Waals surface area contributed by atoms with E-state index in [1.807, 2.05) is 0 Å². The SMILES string of the molecule is CC(C)(C)c1csc(C(N)C2CCCOC2)n1. The first-order valence-corrected chi connectivity index (χ1v) is 7.15. The molecule has 2 heterocycles. The molecule has 1 fully saturated rings. The first-order valence-electron chi connectivity index (χ1n) is 6.27. The Balaban J connectivity index is 2.08. The lowest BCUT2D eigenvalue weighted by atomic mass is 9.92. The van der Waals surface area contributed by atoms with Crippen LogP contribution < -0.4 is 5.73 Å². The first-order chi connectivity index (χ1) is 7.98. The predicted molar refractivity (Wildman–Crippen MR) is 71.3 cm³/mol. The van der Waals surface area contributed by atoms with E-state index in [1.165, 1.54) is 0 Å². The number of hydrogen-bond donors (Lipinski definition) is 1. The molecule has 17 heavy (non-hydrogen) atoms. The van der Waals surface area contributed by atoms with Gasteiger partial charge in [0.15, 0.2) is 0 Å². The lowest BCUT2D eigenvalue weighted by Crippen LogP contribution is -2.29. The van der Waals surface area contributed by atoms with Gasteiger partial charge in [-0.3, -0.25) is 0 Å². The minimum Gasteiger partial charge on any atom is -0.381 e. The summed E-state index contributed by atoms with van der Waals surface area (Å²) in [7, 11) is 0. The molecule has 3 nitrogen and oxygen atoms in total. The zero-order chi connectivity index (χ0) is 12.5. The number of thiazole rings is 1. The Morgan fingerprint density at radius 2 is 2.29 bits per heavy atom. The highest BCUT2D eigenvalue weighted by atomic mass is 32.1. The zero-order valence-corrected chi connectivity index (χ0v) is 11.7. The van der Waals surface area contributed by atoms with Gasteiger partial charge in [-0.05, 0) is 12.8 Å². The molecular formula is C13H22N2OS. The van der Waals surface area contributed by atoms with Crippen LogP contribution >= 0.6 is 11.3 Å². The Hall–Kier alpha value is -0.450. The third-order valence-electron chi connectivity index (χ3n) is 3.28. The van der Waals surface area contributed by atoms with Crippen molar-refractivity contribution in [3.63, 3.8) is 0 Å². The van der Waals surface area contributed by atoms with Crippen molar-refractivity contribution >= 4 is 11.3 Å². The number of hydrogen-bond acceptors (Lipinski definition) is 4. The van der Waals surface area contributed by atoms with E-state index < -0.39 is 0 Å². The topological polar surface area (TPSA) is 48.1 Å². The molecule has 1 aliphatic rings. The van der Waals surface area contributed by atoms with Gasteiger partial charge in [0.2, 0.25) is 0 Å². The molecule has 1 aromatic rings. The quantitative estimate of drug-likeness (QED) is 0.883. The molecular weight excluding hydrogens is 232 g/mol. The Morgan fingerprint density at radius 3 is 2.82 bits per heavy atom. The molecule has 0 aliphatic carbocycles. The van der Waals surface area contributed by atoms with Crippen molar-refractivity contribution in [1.29, 1.82) is 0 Å². The van der Waals surface area contributed by atoms with E-state index in [9.17, 15) is 0 Å². The lowest BCUT2D eigenvalue weighted by molar-refractivity contribution is 0.0447. The fourth-order valence-electron chi connectivity index (χ4n) is 2.04. The van der Waals surface area contributed by atoms with E-state index in [0.717, 1.165) is 36.8 Å².